The third-order valence-electron chi connectivity index (χ3n) is 2.38. The molecule has 0 bridgehead atoms. The maximum atomic E-state index is 11.7. The van der Waals surface area contributed by atoms with E-state index >= 15 is 0 Å². The third kappa shape index (κ3) is 3.55. The molecule has 1 aromatic rings. The molecule has 0 aliphatic carbocycles. The molecule has 1 amide bonds. The van der Waals surface area contributed by atoms with Gasteiger partial charge in [-0.15, -0.1) is 0 Å². The number of hydrogen-bond donors (Lipinski definition) is 3. The van der Waals surface area contributed by atoms with E-state index < -0.39 is 0 Å². The Labute approximate surface area is 96.2 Å². The number of amides is 1. The Kier molecular flexibility index (Phi) is 4.79. The molecule has 4 nitrogen and oxygen atoms in total. The molecule has 0 unspecified atom stereocenters. The zero-order chi connectivity index (χ0) is 12.0. The molecule has 1 rings (SSSR count). The van der Waals surface area contributed by atoms with E-state index in [1.54, 1.807) is 12.1 Å². The maximum Gasteiger partial charge on any atom is 0.251 e. The summed E-state index contributed by atoms with van der Waals surface area (Å²) in [6, 6.07) is 5.35. The number of hydrogen-bond acceptors (Lipinski definition) is 3. The molecule has 0 aliphatic heterocycles. The number of nitrogens with two attached hydrogens (primary N) is 1. The predicted octanol–water partition coefficient (Wildman–Crippen LogP) is 0.917. The van der Waals surface area contributed by atoms with Crippen LogP contribution in [0.4, 0.5) is 5.69 Å². The average molecular weight is 221 g/mol. The minimum atomic E-state index is -0.0791. The number of anilines is 1. The molecule has 0 fully saturated rings. The molecule has 0 heterocycles. The summed E-state index contributed by atoms with van der Waals surface area (Å²) in [5.74, 6) is -0.0791. The van der Waals surface area contributed by atoms with Crippen molar-refractivity contribution in [1.29, 1.82) is 0 Å². The first-order chi connectivity index (χ1) is 7.65. The monoisotopic (exact) mass is 221 g/mol. The molecule has 0 saturated carbocycles. The number of rotatable bonds is 5. The van der Waals surface area contributed by atoms with Crippen LogP contribution >= 0.6 is 0 Å². The number of nitrogens with one attached hydrogen (secondary N) is 2. The SMILES string of the molecule is CCNCCNC(=O)c1ccc(C)c(N)c1. The second kappa shape index (κ2) is 6.12. The number of aryl methyl sites for hydroxylation is 1. The molecule has 4 heteroatoms. The summed E-state index contributed by atoms with van der Waals surface area (Å²) >= 11 is 0. The lowest BCUT2D eigenvalue weighted by molar-refractivity contribution is 0.0954. The predicted molar refractivity (Wildman–Crippen MR) is 66.5 cm³/mol. The molecule has 0 saturated heterocycles. The number of nitrogen functional groups attached to an aromatic ring is 1. The molecule has 0 atom stereocenters. The van der Waals surface area contributed by atoms with Crippen LogP contribution < -0.4 is 16.4 Å². The van der Waals surface area contributed by atoms with Crippen LogP contribution in [0.3, 0.4) is 0 Å². The van der Waals surface area contributed by atoms with Crippen LogP contribution in [-0.2, 0) is 0 Å². The number of carbonyl (C=O) groups excluding carboxylic acids is 1. The Balaban J connectivity index is 2.50. The van der Waals surface area contributed by atoms with Crippen LogP contribution in [0, 0.1) is 6.92 Å². The number of likely N-dealkylation sites (N-methyl/N-ethyl adjacent to an activating group) is 1. The summed E-state index contributed by atoms with van der Waals surface area (Å²) < 4.78 is 0. The smallest absolute Gasteiger partial charge is 0.251 e. The van der Waals surface area contributed by atoms with Gasteiger partial charge in [0.05, 0.1) is 0 Å². The van der Waals surface area contributed by atoms with Crippen LogP contribution in [0.2, 0.25) is 0 Å². The summed E-state index contributed by atoms with van der Waals surface area (Å²) in [4.78, 5) is 11.7. The Morgan fingerprint density at radius 3 is 2.75 bits per heavy atom. The zero-order valence-electron chi connectivity index (χ0n) is 9.84. The Morgan fingerprint density at radius 1 is 1.38 bits per heavy atom. The minimum Gasteiger partial charge on any atom is -0.398 e. The van der Waals surface area contributed by atoms with Gasteiger partial charge in [-0.1, -0.05) is 13.0 Å². The molecule has 16 heavy (non-hydrogen) atoms. The van der Waals surface area contributed by atoms with E-state index in [0.29, 0.717) is 17.8 Å². The molecular weight excluding hydrogens is 202 g/mol. The van der Waals surface area contributed by atoms with E-state index in [9.17, 15) is 4.79 Å². The summed E-state index contributed by atoms with van der Waals surface area (Å²) in [5, 5.41) is 5.96. The van der Waals surface area contributed by atoms with E-state index in [1.165, 1.54) is 0 Å². The van der Waals surface area contributed by atoms with Crippen LogP contribution in [0.5, 0.6) is 0 Å². The highest BCUT2D eigenvalue weighted by Crippen LogP contribution is 2.12. The second-order valence-electron chi connectivity index (χ2n) is 3.68. The molecule has 0 aromatic heterocycles. The fraction of sp³-hybridized carbons (Fsp3) is 0.417. The Morgan fingerprint density at radius 2 is 2.12 bits per heavy atom. The highest BCUT2D eigenvalue weighted by Gasteiger charge is 2.05. The summed E-state index contributed by atoms with van der Waals surface area (Å²) in [7, 11) is 0. The molecule has 0 aliphatic rings. The summed E-state index contributed by atoms with van der Waals surface area (Å²) in [6.07, 6.45) is 0. The lowest BCUT2D eigenvalue weighted by Gasteiger charge is -2.07. The number of benzene rings is 1. The molecule has 1 aromatic carbocycles. The average Bonchev–Trinajstić information content (AvgIpc) is 2.28. The maximum absolute atomic E-state index is 11.7. The Hall–Kier alpha value is -1.55. The van der Waals surface area contributed by atoms with Crippen LogP contribution in [0.25, 0.3) is 0 Å². The normalized spacial score (nSPS) is 10.1. The van der Waals surface area contributed by atoms with Gasteiger partial charge >= 0.3 is 0 Å². The molecule has 4 N–H and O–H groups in total. The summed E-state index contributed by atoms with van der Waals surface area (Å²) in [6.45, 7) is 6.27. The van der Waals surface area contributed by atoms with E-state index in [1.807, 2.05) is 19.9 Å². The molecule has 0 radical (unpaired) electrons. The van der Waals surface area contributed by atoms with Gasteiger partial charge in [0.15, 0.2) is 0 Å². The van der Waals surface area contributed by atoms with Crippen LogP contribution in [0.15, 0.2) is 18.2 Å². The van der Waals surface area contributed by atoms with Gasteiger partial charge in [0.1, 0.15) is 0 Å². The molecule has 88 valence electrons. The highest BCUT2D eigenvalue weighted by molar-refractivity contribution is 5.95. The van der Waals surface area contributed by atoms with Gasteiger partial charge in [-0.25, -0.2) is 0 Å². The first-order valence-corrected chi connectivity index (χ1v) is 5.50. The van der Waals surface area contributed by atoms with Crippen molar-refractivity contribution in [2.75, 3.05) is 25.4 Å². The van der Waals surface area contributed by atoms with Gasteiger partial charge in [-0.05, 0) is 31.2 Å². The van der Waals surface area contributed by atoms with Crippen molar-refractivity contribution in [3.05, 3.63) is 29.3 Å². The van der Waals surface area contributed by atoms with Crippen molar-refractivity contribution in [3.8, 4) is 0 Å². The van der Waals surface area contributed by atoms with Crippen molar-refractivity contribution in [2.24, 2.45) is 0 Å². The van der Waals surface area contributed by atoms with E-state index in [2.05, 4.69) is 10.6 Å². The fourth-order valence-electron chi connectivity index (χ4n) is 1.32. The van der Waals surface area contributed by atoms with E-state index in [0.717, 1.165) is 18.7 Å². The van der Waals surface area contributed by atoms with Gasteiger partial charge < -0.3 is 16.4 Å². The van der Waals surface area contributed by atoms with Gasteiger partial charge in [-0.3, -0.25) is 4.79 Å². The molecule has 0 spiro atoms. The minimum absolute atomic E-state index is 0.0791. The van der Waals surface area contributed by atoms with Gasteiger partial charge in [0.25, 0.3) is 5.91 Å². The lowest BCUT2D eigenvalue weighted by atomic mass is 10.1. The largest absolute Gasteiger partial charge is 0.398 e. The topological polar surface area (TPSA) is 67.1 Å². The van der Waals surface area contributed by atoms with Crippen molar-refractivity contribution in [3.63, 3.8) is 0 Å². The number of carbonyl (C=O) groups is 1. The van der Waals surface area contributed by atoms with Gasteiger partial charge in [0.2, 0.25) is 0 Å². The van der Waals surface area contributed by atoms with Crippen molar-refractivity contribution >= 4 is 11.6 Å². The van der Waals surface area contributed by atoms with Crippen molar-refractivity contribution < 1.29 is 4.79 Å². The summed E-state index contributed by atoms with van der Waals surface area (Å²) in [5.41, 5.74) is 8.00. The standard InChI is InChI=1S/C12H19N3O/c1-3-14-6-7-15-12(16)10-5-4-9(2)11(13)8-10/h4-5,8,14H,3,6-7,13H2,1-2H3,(H,15,16). The first kappa shape index (κ1) is 12.5. The van der Waals surface area contributed by atoms with Crippen molar-refractivity contribution in [1.82, 2.24) is 10.6 Å². The van der Waals surface area contributed by atoms with Crippen LogP contribution in [0.1, 0.15) is 22.8 Å². The lowest BCUT2D eigenvalue weighted by Crippen LogP contribution is -2.31. The highest BCUT2D eigenvalue weighted by atomic mass is 16.1. The second-order valence-corrected chi connectivity index (χ2v) is 3.68. The zero-order valence-corrected chi connectivity index (χ0v) is 9.84. The quantitative estimate of drug-likeness (QED) is 0.511. The van der Waals surface area contributed by atoms with E-state index in [-0.39, 0.29) is 5.91 Å². The first-order valence-electron chi connectivity index (χ1n) is 5.50. The Bertz CT molecular complexity index is 363. The van der Waals surface area contributed by atoms with Gasteiger partial charge in [0, 0.05) is 24.3 Å². The van der Waals surface area contributed by atoms with Crippen LogP contribution in [-0.4, -0.2) is 25.5 Å². The van der Waals surface area contributed by atoms with Gasteiger partial charge in [-0.2, -0.15) is 0 Å². The van der Waals surface area contributed by atoms with E-state index in [4.69, 9.17) is 5.73 Å². The fourth-order valence-corrected chi connectivity index (χ4v) is 1.32. The third-order valence-corrected chi connectivity index (χ3v) is 2.38. The van der Waals surface area contributed by atoms with Crippen molar-refractivity contribution in [2.45, 2.75) is 13.8 Å². The molecular formula is C12H19N3O.